The summed E-state index contributed by atoms with van der Waals surface area (Å²) in [6, 6.07) is 16.5. The molecule has 5 heteroatoms. The number of hydrogen-bond acceptors (Lipinski definition) is 4. The number of hydrogen-bond donors (Lipinski definition) is 2. The summed E-state index contributed by atoms with van der Waals surface area (Å²) in [4.78, 5) is 2.48. The molecule has 1 saturated heterocycles. The average molecular weight is 443 g/mol. The second-order valence-electron chi connectivity index (χ2n) is 9.31. The largest absolute Gasteiger partial charge is 0.487 e. The van der Waals surface area contributed by atoms with Gasteiger partial charge in [0.25, 0.3) is 0 Å². The molecule has 3 N–H and O–H groups in total. The summed E-state index contributed by atoms with van der Waals surface area (Å²) >= 11 is 6.59. The van der Waals surface area contributed by atoms with Gasteiger partial charge in [0.2, 0.25) is 0 Å². The molecule has 1 aliphatic carbocycles. The number of aliphatic hydroxyl groups is 1. The van der Waals surface area contributed by atoms with Gasteiger partial charge in [0.15, 0.2) is 0 Å². The molecule has 2 aliphatic rings. The summed E-state index contributed by atoms with van der Waals surface area (Å²) in [6.45, 7) is 4.59. The molecule has 1 heterocycles. The molecule has 0 amide bonds. The highest BCUT2D eigenvalue weighted by Gasteiger charge is 2.46. The molecule has 0 radical (unpaired) electrons. The van der Waals surface area contributed by atoms with Crippen LogP contribution >= 0.6 is 11.6 Å². The smallest absolute Gasteiger partial charge is 0.138 e. The van der Waals surface area contributed by atoms with E-state index in [0.717, 1.165) is 56.3 Å². The van der Waals surface area contributed by atoms with Gasteiger partial charge in [-0.05, 0) is 48.9 Å². The first-order chi connectivity index (χ1) is 15.0. The first-order valence-electron chi connectivity index (χ1n) is 11.7. The molecule has 4 nitrogen and oxygen atoms in total. The molecule has 1 aliphatic heterocycles. The van der Waals surface area contributed by atoms with Crippen molar-refractivity contribution in [1.82, 2.24) is 4.90 Å². The SMILES string of the molecule is CC(c1ccc(OCc2ccccc2)c(Cl)c1)C1(O)CCCCC1N1CCC(N)CC1. The predicted molar refractivity (Wildman–Crippen MR) is 127 cm³/mol. The van der Waals surface area contributed by atoms with E-state index >= 15 is 0 Å². The Morgan fingerprint density at radius 3 is 2.58 bits per heavy atom. The third-order valence-electron chi connectivity index (χ3n) is 7.34. The summed E-state index contributed by atoms with van der Waals surface area (Å²) in [5, 5.41) is 12.5. The van der Waals surface area contributed by atoms with Gasteiger partial charge in [-0.25, -0.2) is 0 Å². The normalized spacial score (nSPS) is 26.5. The minimum absolute atomic E-state index is 0.00549. The molecule has 168 valence electrons. The number of benzene rings is 2. The van der Waals surface area contributed by atoms with Crippen molar-refractivity contribution in [1.29, 1.82) is 0 Å². The van der Waals surface area contributed by atoms with Crippen molar-refractivity contribution in [3.05, 3.63) is 64.7 Å². The van der Waals surface area contributed by atoms with Crippen LogP contribution in [-0.2, 0) is 6.61 Å². The minimum Gasteiger partial charge on any atom is -0.487 e. The third-order valence-corrected chi connectivity index (χ3v) is 7.64. The number of piperidine rings is 1. The fourth-order valence-corrected chi connectivity index (χ4v) is 5.57. The summed E-state index contributed by atoms with van der Waals surface area (Å²) < 4.78 is 5.94. The van der Waals surface area contributed by atoms with Gasteiger partial charge in [-0.3, -0.25) is 4.90 Å². The molecule has 1 saturated carbocycles. The second kappa shape index (κ2) is 9.91. The Balaban J connectivity index is 1.49. The fourth-order valence-electron chi connectivity index (χ4n) is 5.32. The lowest BCUT2D eigenvalue weighted by molar-refractivity contribution is -0.0938. The lowest BCUT2D eigenvalue weighted by Gasteiger charge is -2.50. The number of nitrogens with two attached hydrogens (primary N) is 1. The minimum atomic E-state index is -0.755. The van der Waals surface area contributed by atoms with Crippen LogP contribution in [0.5, 0.6) is 5.75 Å². The Morgan fingerprint density at radius 1 is 1.13 bits per heavy atom. The Bertz CT molecular complexity index is 854. The second-order valence-corrected chi connectivity index (χ2v) is 9.72. The monoisotopic (exact) mass is 442 g/mol. The van der Waals surface area contributed by atoms with Gasteiger partial charge in [0.1, 0.15) is 12.4 Å². The summed E-state index contributed by atoms with van der Waals surface area (Å²) in [5.74, 6) is 0.674. The maximum atomic E-state index is 11.9. The van der Waals surface area contributed by atoms with Gasteiger partial charge < -0.3 is 15.6 Å². The van der Waals surface area contributed by atoms with Crippen molar-refractivity contribution < 1.29 is 9.84 Å². The quantitative estimate of drug-likeness (QED) is 0.651. The lowest BCUT2D eigenvalue weighted by atomic mass is 9.69. The Morgan fingerprint density at radius 2 is 1.87 bits per heavy atom. The number of rotatable bonds is 6. The molecule has 2 aromatic rings. The number of nitrogens with zero attached hydrogens (tertiary/aromatic N) is 1. The highest BCUT2D eigenvalue weighted by Crippen LogP contribution is 2.44. The summed E-state index contributed by atoms with van der Waals surface area (Å²) in [5.41, 5.74) is 7.54. The first-order valence-corrected chi connectivity index (χ1v) is 12.0. The van der Waals surface area contributed by atoms with Gasteiger partial charge in [0, 0.05) is 31.1 Å². The van der Waals surface area contributed by atoms with E-state index in [0.29, 0.717) is 23.4 Å². The lowest BCUT2D eigenvalue weighted by Crippen LogP contribution is -2.59. The molecular weight excluding hydrogens is 408 g/mol. The Kier molecular flexibility index (Phi) is 7.22. The molecule has 4 rings (SSSR count). The van der Waals surface area contributed by atoms with Crippen molar-refractivity contribution in [3.8, 4) is 5.75 Å². The average Bonchev–Trinajstić information content (AvgIpc) is 2.79. The molecule has 3 unspecified atom stereocenters. The summed E-state index contributed by atoms with van der Waals surface area (Å²) in [7, 11) is 0. The van der Waals surface area contributed by atoms with E-state index in [1.165, 1.54) is 6.42 Å². The maximum Gasteiger partial charge on any atom is 0.138 e. The van der Waals surface area contributed by atoms with Crippen molar-refractivity contribution >= 4 is 11.6 Å². The zero-order valence-corrected chi connectivity index (χ0v) is 19.2. The van der Waals surface area contributed by atoms with Crippen LogP contribution in [0.25, 0.3) is 0 Å². The first kappa shape index (κ1) is 22.6. The van der Waals surface area contributed by atoms with Crippen LogP contribution in [0.1, 0.15) is 62.5 Å². The molecule has 0 aromatic heterocycles. The van der Waals surface area contributed by atoms with E-state index in [1.54, 1.807) is 0 Å². The number of halogens is 1. The number of likely N-dealkylation sites (tertiary alicyclic amines) is 1. The topological polar surface area (TPSA) is 58.7 Å². The van der Waals surface area contributed by atoms with Crippen molar-refractivity contribution in [3.63, 3.8) is 0 Å². The van der Waals surface area contributed by atoms with Crippen molar-refractivity contribution in [2.75, 3.05) is 13.1 Å². The van der Waals surface area contributed by atoms with Gasteiger partial charge in [0.05, 0.1) is 10.6 Å². The number of ether oxygens (including phenoxy) is 1. The molecule has 2 aromatic carbocycles. The molecular formula is C26H35ClN2O2. The molecule has 31 heavy (non-hydrogen) atoms. The zero-order chi connectivity index (χ0) is 21.8. The van der Waals surface area contributed by atoms with Crippen LogP contribution in [0.2, 0.25) is 5.02 Å². The van der Waals surface area contributed by atoms with E-state index in [-0.39, 0.29) is 12.0 Å². The van der Waals surface area contributed by atoms with Crippen LogP contribution in [0.4, 0.5) is 0 Å². The highest BCUT2D eigenvalue weighted by molar-refractivity contribution is 6.32. The van der Waals surface area contributed by atoms with Crippen molar-refractivity contribution in [2.45, 2.75) is 75.7 Å². The van der Waals surface area contributed by atoms with Gasteiger partial charge in [-0.1, -0.05) is 67.8 Å². The van der Waals surface area contributed by atoms with E-state index < -0.39 is 5.60 Å². The molecule has 0 bridgehead atoms. The van der Waals surface area contributed by atoms with E-state index in [9.17, 15) is 5.11 Å². The highest BCUT2D eigenvalue weighted by atomic mass is 35.5. The van der Waals surface area contributed by atoms with Crippen LogP contribution in [-0.4, -0.2) is 40.8 Å². The van der Waals surface area contributed by atoms with E-state index in [4.69, 9.17) is 22.1 Å². The van der Waals surface area contributed by atoms with Crippen LogP contribution in [0, 0.1) is 0 Å². The Hall–Kier alpha value is -1.59. The van der Waals surface area contributed by atoms with Gasteiger partial charge >= 0.3 is 0 Å². The van der Waals surface area contributed by atoms with Crippen LogP contribution < -0.4 is 10.5 Å². The van der Waals surface area contributed by atoms with Crippen LogP contribution in [0.3, 0.4) is 0 Å². The maximum absolute atomic E-state index is 11.9. The Labute approximate surface area is 191 Å². The van der Waals surface area contributed by atoms with Crippen molar-refractivity contribution in [2.24, 2.45) is 5.73 Å². The molecule has 2 fully saturated rings. The predicted octanol–water partition coefficient (Wildman–Crippen LogP) is 5.12. The van der Waals surface area contributed by atoms with Gasteiger partial charge in [-0.15, -0.1) is 0 Å². The van der Waals surface area contributed by atoms with Gasteiger partial charge in [-0.2, -0.15) is 0 Å². The molecule has 0 spiro atoms. The fraction of sp³-hybridized carbons (Fsp3) is 0.538. The van der Waals surface area contributed by atoms with E-state index in [1.807, 2.05) is 42.5 Å². The zero-order valence-electron chi connectivity index (χ0n) is 18.5. The summed E-state index contributed by atoms with van der Waals surface area (Å²) in [6.07, 6.45) is 6.14. The molecule has 3 atom stereocenters. The van der Waals surface area contributed by atoms with Crippen LogP contribution in [0.15, 0.2) is 48.5 Å². The third kappa shape index (κ3) is 5.09. The van der Waals surface area contributed by atoms with E-state index in [2.05, 4.69) is 17.9 Å². The standard InChI is InChI=1S/C26H35ClN2O2/c1-19(26(30)14-6-5-9-25(26)29-15-12-22(28)13-16-29)21-10-11-24(23(27)17-21)31-18-20-7-3-2-4-8-20/h2-4,7-8,10-11,17,19,22,25,30H,5-6,9,12-16,18,28H2,1H3.